The van der Waals surface area contributed by atoms with Crippen molar-refractivity contribution in [1.82, 2.24) is 0 Å². The van der Waals surface area contributed by atoms with Gasteiger partial charge in [-0.05, 0) is 43.7 Å². The molecule has 0 radical (unpaired) electrons. The Morgan fingerprint density at radius 3 is 2.71 bits per heavy atom. The van der Waals surface area contributed by atoms with Crippen LogP contribution in [0.5, 0.6) is 0 Å². The van der Waals surface area contributed by atoms with Gasteiger partial charge in [0.1, 0.15) is 5.82 Å². The van der Waals surface area contributed by atoms with E-state index in [0.717, 1.165) is 18.8 Å². The first-order valence-corrected chi connectivity index (χ1v) is 7.55. The summed E-state index contributed by atoms with van der Waals surface area (Å²) < 4.78 is 13.6. The Labute approximate surface area is 116 Å². The molecule has 17 heavy (non-hydrogen) atoms. The molecule has 1 aromatic rings. The number of rotatable bonds is 4. The third kappa shape index (κ3) is 3.45. The highest BCUT2D eigenvalue weighted by Crippen LogP contribution is 2.34. The van der Waals surface area contributed by atoms with Gasteiger partial charge in [0.25, 0.3) is 0 Å². The van der Waals surface area contributed by atoms with Gasteiger partial charge in [0.15, 0.2) is 0 Å². The SMILES string of the molecule is Fc1cccc(Cl)c1CCC(Br)C1CCCC1. The first-order chi connectivity index (χ1) is 8.18. The first kappa shape index (κ1) is 13.4. The van der Waals surface area contributed by atoms with Crippen molar-refractivity contribution in [1.29, 1.82) is 0 Å². The predicted octanol–water partition coefficient (Wildman–Crippen LogP) is 5.37. The van der Waals surface area contributed by atoms with Gasteiger partial charge >= 0.3 is 0 Å². The second-order valence-electron chi connectivity index (χ2n) is 4.80. The number of halogens is 3. The largest absolute Gasteiger partial charge is 0.207 e. The molecular weight excluding hydrogens is 303 g/mol. The van der Waals surface area contributed by atoms with Gasteiger partial charge in [-0.3, -0.25) is 0 Å². The molecule has 0 aliphatic heterocycles. The van der Waals surface area contributed by atoms with E-state index in [2.05, 4.69) is 15.9 Å². The maximum Gasteiger partial charge on any atom is 0.127 e. The molecule has 0 aromatic heterocycles. The molecule has 0 nitrogen and oxygen atoms in total. The number of alkyl halides is 1. The average Bonchev–Trinajstić information content (AvgIpc) is 2.81. The van der Waals surface area contributed by atoms with Gasteiger partial charge in [-0.2, -0.15) is 0 Å². The molecule has 94 valence electrons. The monoisotopic (exact) mass is 318 g/mol. The van der Waals surface area contributed by atoms with Crippen molar-refractivity contribution in [3.63, 3.8) is 0 Å². The third-order valence-electron chi connectivity index (χ3n) is 3.64. The van der Waals surface area contributed by atoms with Gasteiger partial charge in [0.05, 0.1) is 0 Å². The second kappa shape index (κ2) is 6.19. The standard InChI is InChI=1S/C14H17BrClF/c15-12(10-4-1-2-5-10)9-8-11-13(16)6-3-7-14(11)17/h3,6-7,10,12H,1-2,4-5,8-9H2. The summed E-state index contributed by atoms with van der Waals surface area (Å²) in [5, 5.41) is 0.552. The van der Waals surface area contributed by atoms with Gasteiger partial charge in [-0.25, -0.2) is 4.39 Å². The average molecular weight is 320 g/mol. The molecule has 1 aliphatic rings. The Bertz CT molecular complexity index is 354. The van der Waals surface area contributed by atoms with Crippen molar-refractivity contribution in [2.75, 3.05) is 0 Å². The minimum atomic E-state index is -0.177. The maximum atomic E-state index is 13.6. The van der Waals surface area contributed by atoms with Crippen molar-refractivity contribution in [3.05, 3.63) is 34.6 Å². The number of hydrogen-bond donors (Lipinski definition) is 0. The van der Waals surface area contributed by atoms with Crippen LogP contribution in [0.4, 0.5) is 4.39 Å². The van der Waals surface area contributed by atoms with Gasteiger partial charge in [-0.1, -0.05) is 46.4 Å². The summed E-state index contributed by atoms with van der Waals surface area (Å²) in [5.74, 6) is 0.587. The summed E-state index contributed by atoms with van der Waals surface area (Å²) in [7, 11) is 0. The molecule has 0 saturated heterocycles. The molecular formula is C14H17BrClF. The Balaban J connectivity index is 1.92. The molecule has 1 fully saturated rings. The van der Waals surface area contributed by atoms with Gasteiger partial charge in [0, 0.05) is 15.4 Å². The maximum absolute atomic E-state index is 13.6. The fourth-order valence-corrected chi connectivity index (χ4v) is 3.62. The molecule has 1 saturated carbocycles. The van der Waals surface area contributed by atoms with Crippen molar-refractivity contribution in [2.45, 2.75) is 43.4 Å². The van der Waals surface area contributed by atoms with Crippen LogP contribution in [-0.2, 0) is 6.42 Å². The van der Waals surface area contributed by atoms with E-state index in [1.807, 2.05) is 0 Å². The smallest absolute Gasteiger partial charge is 0.127 e. The van der Waals surface area contributed by atoms with Gasteiger partial charge in [-0.15, -0.1) is 0 Å². The van der Waals surface area contributed by atoms with Crippen LogP contribution in [0.1, 0.15) is 37.7 Å². The lowest BCUT2D eigenvalue weighted by atomic mass is 9.98. The molecule has 0 amide bonds. The minimum absolute atomic E-state index is 0.177. The molecule has 1 aromatic carbocycles. The minimum Gasteiger partial charge on any atom is -0.207 e. The zero-order valence-corrected chi connectivity index (χ0v) is 12.1. The Morgan fingerprint density at radius 1 is 1.35 bits per heavy atom. The molecule has 1 aliphatic carbocycles. The van der Waals surface area contributed by atoms with Crippen molar-refractivity contribution >= 4 is 27.5 Å². The zero-order chi connectivity index (χ0) is 12.3. The van der Waals surface area contributed by atoms with Crippen LogP contribution in [0, 0.1) is 11.7 Å². The molecule has 0 bridgehead atoms. The van der Waals surface area contributed by atoms with Gasteiger partial charge < -0.3 is 0 Å². The summed E-state index contributed by atoms with van der Waals surface area (Å²) in [6.07, 6.45) is 6.98. The highest BCUT2D eigenvalue weighted by Gasteiger charge is 2.23. The van der Waals surface area contributed by atoms with Crippen molar-refractivity contribution in [2.24, 2.45) is 5.92 Å². The van der Waals surface area contributed by atoms with Crippen LogP contribution in [-0.4, -0.2) is 4.83 Å². The Hall–Kier alpha value is -0.0800. The molecule has 0 N–H and O–H groups in total. The normalized spacial score (nSPS) is 18.5. The predicted molar refractivity (Wildman–Crippen MR) is 74.4 cm³/mol. The fraction of sp³-hybridized carbons (Fsp3) is 0.571. The van der Waals surface area contributed by atoms with E-state index in [1.165, 1.54) is 31.7 Å². The second-order valence-corrected chi connectivity index (χ2v) is 6.38. The summed E-state index contributed by atoms with van der Waals surface area (Å²) >= 11 is 9.76. The van der Waals surface area contributed by atoms with E-state index < -0.39 is 0 Å². The molecule has 2 rings (SSSR count). The lowest BCUT2D eigenvalue weighted by Gasteiger charge is -2.17. The summed E-state index contributed by atoms with van der Waals surface area (Å²) in [6, 6.07) is 4.91. The first-order valence-electron chi connectivity index (χ1n) is 6.25. The Morgan fingerprint density at radius 2 is 2.06 bits per heavy atom. The van der Waals surface area contributed by atoms with E-state index in [0.29, 0.717) is 15.4 Å². The lowest BCUT2D eigenvalue weighted by molar-refractivity contribution is 0.501. The van der Waals surface area contributed by atoms with E-state index in [9.17, 15) is 4.39 Å². The molecule has 3 heteroatoms. The quantitative estimate of drug-likeness (QED) is 0.655. The van der Waals surface area contributed by atoms with E-state index in [4.69, 9.17) is 11.6 Å². The van der Waals surface area contributed by atoms with Crippen LogP contribution in [0.15, 0.2) is 18.2 Å². The van der Waals surface area contributed by atoms with Crippen LogP contribution >= 0.6 is 27.5 Å². The fourth-order valence-electron chi connectivity index (χ4n) is 2.61. The highest BCUT2D eigenvalue weighted by molar-refractivity contribution is 9.09. The van der Waals surface area contributed by atoms with E-state index in [1.54, 1.807) is 12.1 Å². The van der Waals surface area contributed by atoms with Crippen LogP contribution < -0.4 is 0 Å². The lowest BCUT2D eigenvalue weighted by Crippen LogP contribution is -2.12. The summed E-state index contributed by atoms with van der Waals surface area (Å²) in [4.78, 5) is 0.501. The topological polar surface area (TPSA) is 0 Å². The zero-order valence-electron chi connectivity index (χ0n) is 9.76. The molecule has 0 spiro atoms. The van der Waals surface area contributed by atoms with Crippen LogP contribution in [0.2, 0.25) is 5.02 Å². The molecule has 1 unspecified atom stereocenters. The van der Waals surface area contributed by atoms with Crippen molar-refractivity contribution < 1.29 is 4.39 Å². The molecule has 0 heterocycles. The van der Waals surface area contributed by atoms with Crippen LogP contribution in [0.3, 0.4) is 0 Å². The molecule has 1 atom stereocenters. The Kier molecular flexibility index (Phi) is 4.87. The van der Waals surface area contributed by atoms with E-state index >= 15 is 0 Å². The number of hydrogen-bond acceptors (Lipinski definition) is 0. The van der Waals surface area contributed by atoms with E-state index in [-0.39, 0.29) is 5.82 Å². The van der Waals surface area contributed by atoms with Gasteiger partial charge in [0.2, 0.25) is 0 Å². The number of benzene rings is 1. The van der Waals surface area contributed by atoms with Crippen molar-refractivity contribution in [3.8, 4) is 0 Å². The highest BCUT2D eigenvalue weighted by atomic mass is 79.9. The summed E-state index contributed by atoms with van der Waals surface area (Å²) in [5.41, 5.74) is 0.664. The summed E-state index contributed by atoms with van der Waals surface area (Å²) in [6.45, 7) is 0. The third-order valence-corrected chi connectivity index (χ3v) is 5.20. The van der Waals surface area contributed by atoms with Crippen LogP contribution in [0.25, 0.3) is 0 Å².